The zero-order valence-corrected chi connectivity index (χ0v) is 23.5. The first-order valence-electron chi connectivity index (χ1n) is 12.3. The highest BCUT2D eigenvalue weighted by atomic mass is 31.1. The number of phenols is 1. The molecule has 5 atom stereocenters. The summed E-state index contributed by atoms with van der Waals surface area (Å²) in [5.41, 5.74) is -4.40. The number of nitrogens with one attached hydrogen (secondary N) is 2. The van der Waals surface area contributed by atoms with E-state index in [0.29, 0.717) is 10.3 Å². The minimum absolute atomic E-state index is 0.130. The standard InChI is InChI=1S/C10H12F2N2O5.C10H8O.C6H12NO3P/c1-9(11)6(17)10(12,4-15)19-7(9)14-3-2-5(16)13-8(14)18;11-10-6-5-8-3-1-2-4-9(8)7-10;1-4(2)10-6(8)5(3)7-11-9/h2-3,6-7,15,17H,4H2,1H3,(H,13,16,18);1-7,11H;4-5H,1-3H3,(H,7,9)/t6-,7+,9+,10+;;5-/m0.0/s1. The molecular weight excluding hydrogens is 567 g/mol. The molecule has 0 radical (unpaired) electrons. The third kappa shape index (κ3) is 8.72. The van der Waals surface area contributed by atoms with Gasteiger partial charge < -0.3 is 24.8 Å². The molecule has 2 aromatic carbocycles. The molecule has 1 fully saturated rings. The van der Waals surface area contributed by atoms with Crippen LogP contribution in [0.1, 0.15) is 33.9 Å². The Labute approximate surface area is 234 Å². The molecule has 3 aromatic rings. The second-order valence-electron chi connectivity index (χ2n) is 9.44. The molecule has 0 amide bonds. The van der Waals surface area contributed by atoms with Gasteiger partial charge in [0.1, 0.15) is 18.4 Å². The number of nitrogens with zero attached hydrogens (tertiary/aromatic N) is 1. The largest absolute Gasteiger partial charge is 0.508 e. The highest BCUT2D eigenvalue weighted by Gasteiger charge is 2.64. The quantitative estimate of drug-likeness (QED) is 0.209. The van der Waals surface area contributed by atoms with E-state index in [4.69, 9.17) is 14.9 Å². The fraction of sp³-hybridized carbons (Fsp3) is 0.423. The summed E-state index contributed by atoms with van der Waals surface area (Å²) < 4.78 is 48.3. The Kier molecular flexibility index (Phi) is 11.8. The van der Waals surface area contributed by atoms with Crippen LogP contribution in [0.5, 0.6) is 5.75 Å². The Morgan fingerprint density at radius 2 is 1.80 bits per heavy atom. The summed E-state index contributed by atoms with van der Waals surface area (Å²) in [5, 5.41) is 32.1. The van der Waals surface area contributed by atoms with Crippen molar-refractivity contribution in [3.63, 3.8) is 0 Å². The summed E-state index contributed by atoms with van der Waals surface area (Å²) in [6.07, 6.45) is -3.31. The molecule has 0 spiro atoms. The number of carbonyl (C=O) groups excluding carboxylic acids is 1. The molecule has 12 nitrogen and oxygen atoms in total. The van der Waals surface area contributed by atoms with Gasteiger partial charge in [0.25, 0.3) is 11.4 Å². The zero-order chi connectivity index (χ0) is 31.0. The first-order valence-corrected chi connectivity index (χ1v) is 13.1. The zero-order valence-electron chi connectivity index (χ0n) is 22.7. The number of H-pyrrole nitrogens is 1. The maximum absolute atomic E-state index is 14.3. The van der Waals surface area contributed by atoms with Crippen molar-refractivity contribution in [2.75, 3.05) is 6.61 Å². The van der Waals surface area contributed by atoms with Gasteiger partial charge in [0.05, 0.1) is 6.10 Å². The van der Waals surface area contributed by atoms with Crippen molar-refractivity contribution < 1.29 is 42.9 Å². The molecule has 1 aromatic heterocycles. The van der Waals surface area contributed by atoms with E-state index in [2.05, 4.69) is 9.82 Å². The van der Waals surface area contributed by atoms with Gasteiger partial charge >= 0.3 is 11.7 Å². The molecule has 1 saturated heterocycles. The average Bonchev–Trinajstić information content (AvgIpc) is 3.09. The first kappa shape index (κ1) is 33.7. The van der Waals surface area contributed by atoms with E-state index in [1.807, 2.05) is 35.3 Å². The van der Waals surface area contributed by atoms with Crippen molar-refractivity contribution in [3.8, 4) is 5.75 Å². The lowest BCUT2D eigenvalue weighted by atomic mass is 9.97. The molecule has 0 unspecified atom stereocenters. The molecule has 0 saturated carbocycles. The van der Waals surface area contributed by atoms with Crippen molar-refractivity contribution >= 4 is 25.4 Å². The van der Waals surface area contributed by atoms with Crippen LogP contribution in [0.25, 0.3) is 10.8 Å². The molecule has 4 rings (SSSR count). The second-order valence-corrected chi connectivity index (χ2v) is 9.89. The van der Waals surface area contributed by atoms with Gasteiger partial charge in [-0.05, 0) is 50.6 Å². The number of hydrogen-bond acceptors (Lipinski definition) is 9. The van der Waals surface area contributed by atoms with Crippen molar-refractivity contribution in [3.05, 3.63) is 75.6 Å². The Hall–Kier alpha value is -3.55. The van der Waals surface area contributed by atoms with Crippen LogP contribution in [0, 0.1) is 0 Å². The molecule has 224 valence electrons. The molecule has 1 aliphatic rings. The number of rotatable bonds is 6. The van der Waals surface area contributed by atoms with E-state index >= 15 is 0 Å². The van der Waals surface area contributed by atoms with Crippen molar-refractivity contribution in [2.24, 2.45) is 0 Å². The number of esters is 1. The molecule has 15 heteroatoms. The molecule has 5 N–H and O–H groups in total. The van der Waals surface area contributed by atoms with Gasteiger partial charge in [-0.25, -0.2) is 18.7 Å². The predicted molar refractivity (Wildman–Crippen MR) is 145 cm³/mol. The first-order chi connectivity index (χ1) is 19.2. The van der Waals surface area contributed by atoms with Crippen LogP contribution in [0.2, 0.25) is 0 Å². The highest BCUT2D eigenvalue weighted by molar-refractivity contribution is 7.21. The molecule has 2 heterocycles. The maximum atomic E-state index is 14.3. The van der Waals surface area contributed by atoms with Crippen molar-refractivity contribution in [1.82, 2.24) is 14.6 Å². The normalized spacial score (nSPS) is 24.2. The highest BCUT2D eigenvalue weighted by Crippen LogP contribution is 2.46. The predicted octanol–water partition coefficient (Wildman–Crippen LogP) is 2.48. The SMILES string of the molecule is CC(C)OC(=O)[C@H](C)NP=O.C[C@]1(F)[C@H](n2ccc(=O)[nH]c2=O)O[C@](F)(CO)[C@H]1O.Oc1ccc2ccccc2c1. The average molecular weight is 600 g/mol. The van der Waals surface area contributed by atoms with Crippen LogP contribution in [0.15, 0.2) is 64.3 Å². The monoisotopic (exact) mass is 599 g/mol. The van der Waals surface area contributed by atoms with Crippen LogP contribution in [-0.4, -0.2) is 67.2 Å². The van der Waals surface area contributed by atoms with Crippen LogP contribution >= 0.6 is 8.61 Å². The molecule has 0 aliphatic carbocycles. The Balaban J connectivity index is 0.000000230. The Morgan fingerprint density at radius 1 is 1.17 bits per heavy atom. The van der Waals surface area contributed by atoms with Gasteiger partial charge in [0, 0.05) is 12.3 Å². The minimum atomic E-state index is -3.02. The number of fused-ring (bicyclic) bond motifs is 1. The number of carbonyl (C=O) groups is 1. The summed E-state index contributed by atoms with van der Waals surface area (Å²) in [5.74, 6) is -3.09. The van der Waals surface area contributed by atoms with E-state index in [1.165, 1.54) is 0 Å². The maximum Gasteiger partial charge on any atom is 0.330 e. The summed E-state index contributed by atoms with van der Waals surface area (Å²) in [6, 6.07) is 13.7. The van der Waals surface area contributed by atoms with E-state index in [-0.39, 0.29) is 20.7 Å². The van der Waals surface area contributed by atoms with Gasteiger partial charge in [-0.15, -0.1) is 0 Å². The molecular formula is C26H32F2N3O9P. The number of halogens is 2. The van der Waals surface area contributed by atoms with Crippen molar-refractivity contribution in [2.45, 2.75) is 63.7 Å². The number of phenolic OH excluding ortho intramolecular Hbond substituents is 1. The summed E-state index contributed by atoms with van der Waals surface area (Å²) in [4.78, 5) is 35.2. The van der Waals surface area contributed by atoms with Gasteiger partial charge in [-0.1, -0.05) is 30.3 Å². The number of aromatic hydroxyl groups is 1. The minimum Gasteiger partial charge on any atom is -0.508 e. The lowest BCUT2D eigenvalue weighted by Gasteiger charge is -2.24. The van der Waals surface area contributed by atoms with Gasteiger partial charge in [-0.3, -0.25) is 23.7 Å². The molecule has 0 bridgehead atoms. The number of aromatic amines is 1. The van der Waals surface area contributed by atoms with Crippen LogP contribution in [0.3, 0.4) is 0 Å². The summed E-state index contributed by atoms with van der Waals surface area (Å²) in [7, 11) is -0.255. The summed E-state index contributed by atoms with van der Waals surface area (Å²) >= 11 is 0. The Morgan fingerprint density at radius 3 is 2.34 bits per heavy atom. The fourth-order valence-electron chi connectivity index (χ4n) is 3.63. The van der Waals surface area contributed by atoms with Gasteiger partial charge in [0.15, 0.2) is 18.0 Å². The fourth-order valence-corrected chi connectivity index (χ4v) is 3.89. The van der Waals surface area contributed by atoms with Crippen LogP contribution < -0.4 is 16.3 Å². The third-order valence-corrected chi connectivity index (χ3v) is 6.23. The number of aliphatic hydroxyl groups is 2. The lowest BCUT2D eigenvalue weighted by molar-refractivity contribution is -0.207. The number of aromatic nitrogens is 2. The van der Waals surface area contributed by atoms with E-state index in [0.717, 1.165) is 30.0 Å². The molecule has 41 heavy (non-hydrogen) atoms. The van der Waals surface area contributed by atoms with E-state index in [9.17, 15) is 32.8 Å². The third-order valence-electron chi connectivity index (χ3n) is 5.74. The smallest absolute Gasteiger partial charge is 0.330 e. The number of ether oxygens (including phenoxy) is 2. The molecule has 1 aliphatic heterocycles. The Bertz CT molecular complexity index is 1450. The van der Waals surface area contributed by atoms with Crippen LogP contribution in [-0.2, 0) is 18.8 Å². The van der Waals surface area contributed by atoms with Gasteiger partial charge in [0.2, 0.25) is 8.61 Å². The second kappa shape index (κ2) is 14.4. The number of benzene rings is 2. The van der Waals surface area contributed by atoms with E-state index < -0.39 is 47.8 Å². The topological polar surface area (TPSA) is 180 Å². The van der Waals surface area contributed by atoms with Gasteiger partial charge in [-0.2, -0.15) is 0 Å². The van der Waals surface area contributed by atoms with E-state index in [1.54, 1.807) is 32.9 Å². The lowest BCUT2D eigenvalue weighted by Crippen LogP contribution is -2.47. The number of aliphatic hydroxyl groups excluding tert-OH is 2. The van der Waals surface area contributed by atoms with Crippen molar-refractivity contribution in [1.29, 1.82) is 0 Å². The number of alkyl halides is 2. The number of hydrogen-bond donors (Lipinski definition) is 5. The van der Waals surface area contributed by atoms with Crippen LogP contribution in [0.4, 0.5) is 8.78 Å². The summed E-state index contributed by atoms with van der Waals surface area (Å²) in [6.45, 7) is 4.67.